The predicted molar refractivity (Wildman–Crippen MR) is 118 cm³/mol. The number of nitrogens with zero attached hydrogens (tertiary/aromatic N) is 1. The Kier molecular flexibility index (Phi) is 8.67. The van der Waals surface area contributed by atoms with Crippen LogP contribution < -0.4 is 14.8 Å². The Morgan fingerprint density at radius 3 is 2.24 bits per heavy atom. The molecule has 1 aromatic carbocycles. The lowest BCUT2D eigenvalue weighted by molar-refractivity contribution is -0.172. The van der Waals surface area contributed by atoms with Crippen LogP contribution in [0.3, 0.4) is 0 Å². The van der Waals surface area contributed by atoms with Gasteiger partial charge in [-0.1, -0.05) is 0 Å². The van der Waals surface area contributed by atoms with Gasteiger partial charge < -0.3 is 24.4 Å². The second-order valence-corrected chi connectivity index (χ2v) is 8.81. The van der Waals surface area contributed by atoms with E-state index in [4.69, 9.17) is 19.0 Å². The molecule has 0 aromatic heterocycles. The fourth-order valence-electron chi connectivity index (χ4n) is 3.09. The third-order valence-electron chi connectivity index (χ3n) is 4.44. The highest BCUT2D eigenvalue weighted by atomic mass is 16.7. The zero-order valence-corrected chi connectivity index (χ0v) is 20.0. The van der Waals surface area contributed by atoms with Gasteiger partial charge in [0.1, 0.15) is 17.1 Å². The van der Waals surface area contributed by atoms with E-state index in [2.05, 4.69) is 5.32 Å². The Morgan fingerprint density at radius 2 is 1.70 bits per heavy atom. The fourth-order valence-corrected chi connectivity index (χ4v) is 3.09. The van der Waals surface area contributed by atoms with E-state index in [-0.39, 0.29) is 24.5 Å². The van der Waals surface area contributed by atoms with Crippen LogP contribution in [0.5, 0.6) is 11.5 Å². The largest absolute Gasteiger partial charge is 0.496 e. The van der Waals surface area contributed by atoms with Gasteiger partial charge in [-0.3, -0.25) is 9.59 Å². The molecule has 1 N–H and O–H groups in total. The minimum atomic E-state index is -0.872. The van der Waals surface area contributed by atoms with Crippen LogP contribution in [0.25, 0.3) is 0 Å². The molecule has 1 aliphatic heterocycles. The summed E-state index contributed by atoms with van der Waals surface area (Å²) in [6.07, 6.45) is 0.365. The number of nitrogens with one attached hydrogen (secondary N) is 1. The lowest BCUT2D eigenvalue weighted by Gasteiger charge is -2.20. The molecule has 0 spiro atoms. The van der Waals surface area contributed by atoms with Gasteiger partial charge in [0.05, 0.1) is 18.8 Å². The van der Waals surface area contributed by atoms with E-state index >= 15 is 0 Å². The first-order chi connectivity index (χ1) is 15.4. The summed E-state index contributed by atoms with van der Waals surface area (Å²) in [5.74, 6) is -1.20. The van der Waals surface area contributed by atoms with E-state index in [0.717, 1.165) is 0 Å². The SMILES string of the molecule is COc1cc(C(=O)ON2C(=O)CCC2=O)cc(OC(C)C)c1CCCNC(=O)OC(C)(C)C. The Balaban J connectivity index is 2.15. The number of rotatable bonds is 9. The predicted octanol–water partition coefficient (Wildman–Crippen LogP) is 3.16. The number of hydrogen-bond donors (Lipinski definition) is 1. The molecule has 182 valence electrons. The highest BCUT2D eigenvalue weighted by Crippen LogP contribution is 2.33. The summed E-state index contributed by atoms with van der Waals surface area (Å²) in [7, 11) is 1.46. The van der Waals surface area contributed by atoms with Gasteiger partial charge >= 0.3 is 12.1 Å². The van der Waals surface area contributed by atoms with Crippen LogP contribution in [-0.2, 0) is 25.6 Å². The molecular weight excluding hydrogens is 432 g/mol. The molecule has 1 aliphatic rings. The number of imide groups is 1. The zero-order valence-electron chi connectivity index (χ0n) is 20.0. The van der Waals surface area contributed by atoms with Crippen molar-refractivity contribution in [3.8, 4) is 11.5 Å². The topological polar surface area (TPSA) is 120 Å². The molecule has 2 rings (SSSR count). The number of hydroxylamine groups is 2. The van der Waals surface area contributed by atoms with Crippen molar-refractivity contribution < 1.29 is 38.2 Å². The van der Waals surface area contributed by atoms with E-state index < -0.39 is 29.5 Å². The molecule has 0 radical (unpaired) electrons. The number of carbonyl (C=O) groups is 4. The van der Waals surface area contributed by atoms with Gasteiger partial charge in [0.15, 0.2) is 0 Å². The summed E-state index contributed by atoms with van der Waals surface area (Å²) in [6.45, 7) is 9.40. The number of methoxy groups -OCH3 is 1. The normalized spacial score (nSPS) is 13.8. The van der Waals surface area contributed by atoms with Gasteiger partial charge in [-0.15, -0.1) is 5.06 Å². The molecule has 1 aromatic rings. The van der Waals surface area contributed by atoms with Crippen molar-refractivity contribution in [2.24, 2.45) is 0 Å². The average molecular weight is 465 g/mol. The second kappa shape index (κ2) is 11.0. The van der Waals surface area contributed by atoms with Gasteiger partial charge in [-0.2, -0.15) is 0 Å². The van der Waals surface area contributed by atoms with Crippen LogP contribution in [0.2, 0.25) is 0 Å². The minimum Gasteiger partial charge on any atom is -0.496 e. The first-order valence-electron chi connectivity index (χ1n) is 10.8. The summed E-state index contributed by atoms with van der Waals surface area (Å²) in [6, 6.07) is 2.96. The van der Waals surface area contributed by atoms with Crippen molar-refractivity contribution in [2.75, 3.05) is 13.7 Å². The van der Waals surface area contributed by atoms with Crippen LogP contribution in [0, 0.1) is 0 Å². The number of amides is 3. The Labute approximate surface area is 193 Å². The quantitative estimate of drug-likeness (QED) is 0.437. The maximum atomic E-state index is 12.6. The second-order valence-electron chi connectivity index (χ2n) is 8.81. The first kappa shape index (κ1) is 26.0. The van der Waals surface area contributed by atoms with E-state index in [9.17, 15) is 19.2 Å². The Hall–Kier alpha value is -3.30. The number of alkyl carbamates (subject to hydrolysis) is 1. The molecule has 10 heteroatoms. The van der Waals surface area contributed by atoms with Gasteiger partial charge in [0.2, 0.25) is 0 Å². The number of hydrogen-bond acceptors (Lipinski definition) is 8. The average Bonchev–Trinajstić information content (AvgIpc) is 3.01. The molecular formula is C23H32N2O8. The smallest absolute Gasteiger partial charge is 0.407 e. The monoisotopic (exact) mass is 464 g/mol. The van der Waals surface area contributed by atoms with Crippen LogP contribution >= 0.6 is 0 Å². The van der Waals surface area contributed by atoms with Gasteiger partial charge in [0.25, 0.3) is 11.8 Å². The van der Waals surface area contributed by atoms with Crippen molar-refractivity contribution in [1.29, 1.82) is 0 Å². The minimum absolute atomic E-state index is 0.00735. The van der Waals surface area contributed by atoms with Crippen LogP contribution in [-0.4, -0.2) is 54.3 Å². The zero-order chi connectivity index (χ0) is 24.8. The molecule has 33 heavy (non-hydrogen) atoms. The fraction of sp³-hybridized carbons (Fsp3) is 0.565. The molecule has 0 bridgehead atoms. The van der Waals surface area contributed by atoms with Crippen molar-refractivity contribution in [2.45, 2.75) is 72.0 Å². The standard InChI is InChI=1S/C23H32N2O8/c1-14(2)31-18-13-15(21(28)33-25-19(26)9-10-20(25)27)12-17(30-6)16(18)8-7-11-24-22(29)32-23(3,4)5/h12-14H,7-11H2,1-6H3,(H,24,29). The Bertz CT molecular complexity index is 888. The summed E-state index contributed by atoms with van der Waals surface area (Å²) in [5, 5.41) is 3.19. The third kappa shape index (κ3) is 7.65. The maximum Gasteiger partial charge on any atom is 0.407 e. The summed E-state index contributed by atoms with van der Waals surface area (Å²) >= 11 is 0. The van der Waals surface area contributed by atoms with Crippen molar-refractivity contribution in [3.63, 3.8) is 0 Å². The molecule has 1 heterocycles. The molecule has 10 nitrogen and oxygen atoms in total. The third-order valence-corrected chi connectivity index (χ3v) is 4.44. The number of ether oxygens (including phenoxy) is 3. The van der Waals surface area contributed by atoms with E-state index in [1.807, 2.05) is 13.8 Å². The molecule has 3 amide bonds. The van der Waals surface area contributed by atoms with Gasteiger partial charge in [-0.05, 0) is 59.6 Å². The lowest BCUT2D eigenvalue weighted by Crippen LogP contribution is -2.33. The van der Waals surface area contributed by atoms with E-state index in [0.29, 0.717) is 41.5 Å². The van der Waals surface area contributed by atoms with Crippen molar-refractivity contribution >= 4 is 23.9 Å². The summed E-state index contributed by atoms with van der Waals surface area (Å²) in [5.41, 5.74) is 0.202. The first-order valence-corrected chi connectivity index (χ1v) is 10.8. The molecule has 0 unspecified atom stereocenters. The summed E-state index contributed by atoms with van der Waals surface area (Å²) < 4.78 is 16.6. The van der Waals surface area contributed by atoms with Gasteiger partial charge in [-0.25, -0.2) is 9.59 Å². The number of benzene rings is 1. The van der Waals surface area contributed by atoms with Crippen LogP contribution in [0.4, 0.5) is 4.79 Å². The highest BCUT2D eigenvalue weighted by molar-refractivity contribution is 6.02. The molecule has 0 saturated carbocycles. The molecule has 0 atom stereocenters. The Morgan fingerprint density at radius 1 is 1.09 bits per heavy atom. The van der Waals surface area contributed by atoms with Crippen molar-refractivity contribution in [3.05, 3.63) is 23.3 Å². The molecule has 1 fully saturated rings. The molecule has 1 saturated heterocycles. The number of carbonyl (C=O) groups excluding carboxylic acids is 4. The van der Waals surface area contributed by atoms with E-state index in [1.54, 1.807) is 20.8 Å². The highest BCUT2D eigenvalue weighted by Gasteiger charge is 2.33. The maximum absolute atomic E-state index is 12.6. The van der Waals surface area contributed by atoms with E-state index in [1.165, 1.54) is 19.2 Å². The lowest BCUT2D eigenvalue weighted by atomic mass is 10.0. The van der Waals surface area contributed by atoms with Crippen LogP contribution in [0.15, 0.2) is 12.1 Å². The van der Waals surface area contributed by atoms with Crippen LogP contribution in [0.1, 0.15) is 69.8 Å². The summed E-state index contributed by atoms with van der Waals surface area (Å²) in [4.78, 5) is 53.0. The molecule has 0 aliphatic carbocycles. The van der Waals surface area contributed by atoms with Gasteiger partial charge in [0, 0.05) is 24.9 Å². The van der Waals surface area contributed by atoms with Crippen molar-refractivity contribution in [1.82, 2.24) is 10.4 Å².